The molecule has 0 radical (unpaired) electrons. The van der Waals surface area contributed by atoms with Gasteiger partial charge in [-0.2, -0.15) is 0 Å². The molecule has 0 aliphatic carbocycles. The smallest absolute Gasteiger partial charge is 0.462 e. The van der Waals surface area contributed by atoms with Gasteiger partial charge in [0.05, 0.1) is 27.7 Å². The van der Waals surface area contributed by atoms with Crippen molar-refractivity contribution in [1.82, 2.24) is 0 Å². The highest BCUT2D eigenvalue weighted by molar-refractivity contribution is 7.47. The molecule has 0 aliphatic rings. The number of hydrogen-bond donors (Lipinski definition) is 1. The van der Waals surface area contributed by atoms with Crippen molar-refractivity contribution in [2.45, 2.75) is 90.6 Å². The van der Waals surface area contributed by atoms with E-state index in [0.29, 0.717) is 17.4 Å². The molecule has 0 rings (SSSR count). The van der Waals surface area contributed by atoms with Gasteiger partial charge in [0.2, 0.25) is 0 Å². The Morgan fingerprint density at radius 2 is 1.36 bits per heavy atom. The van der Waals surface area contributed by atoms with Crippen LogP contribution in [0.5, 0.6) is 0 Å². The summed E-state index contributed by atoms with van der Waals surface area (Å²) in [6.45, 7) is 4.11. The van der Waals surface area contributed by atoms with Crippen molar-refractivity contribution in [2.24, 2.45) is 0 Å². The third kappa shape index (κ3) is 21.3. The highest BCUT2D eigenvalue weighted by atomic mass is 31.2. The van der Waals surface area contributed by atoms with Crippen LogP contribution in [0, 0.1) is 0 Å². The molecule has 9 nitrogen and oxygen atoms in total. The molecule has 33 heavy (non-hydrogen) atoms. The van der Waals surface area contributed by atoms with E-state index in [4.69, 9.17) is 18.5 Å². The molecule has 0 aromatic rings. The maximum absolute atomic E-state index is 12.2. The Labute approximate surface area is 200 Å². The molecule has 0 spiro atoms. The van der Waals surface area contributed by atoms with Crippen LogP contribution in [-0.4, -0.2) is 74.9 Å². The van der Waals surface area contributed by atoms with Gasteiger partial charge in [-0.15, -0.1) is 0 Å². The Bertz CT molecular complexity index is 579. The van der Waals surface area contributed by atoms with Crippen LogP contribution in [0.25, 0.3) is 0 Å². The third-order valence-electron chi connectivity index (χ3n) is 4.89. The molecule has 0 aliphatic heterocycles. The van der Waals surface area contributed by atoms with Gasteiger partial charge in [0, 0.05) is 12.8 Å². The predicted molar refractivity (Wildman–Crippen MR) is 128 cm³/mol. The molecule has 10 heteroatoms. The van der Waals surface area contributed by atoms with E-state index in [1.54, 1.807) is 0 Å². The molecule has 196 valence electrons. The summed E-state index contributed by atoms with van der Waals surface area (Å²) in [6.07, 6.45) is 8.39. The molecule has 0 saturated carbocycles. The van der Waals surface area contributed by atoms with Crippen LogP contribution in [0.2, 0.25) is 0 Å². The SMILES string of the molecule is CCCCCCCCC(=O)O[C@H](COC(=O)CCCCC)COP(=O)(O)OCC[N+](C)(C)C. The summed E-state index contributed by atoms with van der Waals surface area (Å²) in [7, 11) is 1.47. The fraction of sp³-hybridized carbons (Fsp3) is 0.913. The second-order valence-corrected chi connectivity index (χ2v) is 10.8. The number of carbonyl (C=O) groups excluding carboxylic acids is 2. The first-order chi connectivity index (χ1) is 15.5. The van der Waals surface area contributed by atoms with Crippen LogP contribution in [0.15, 0.2) is 0 Å². The number of nitrogens with zero attached hydrogens (tertiary/aromatic N) is 1. The van der Waals surface area contributed by atoms with Crippen molar-refractivity contribution in [3.05, 3.63) is 0 Å². The zero-order chi connectivity index (χ0) is 25.2. The van der Waals surface area contributed by atoms with Crippen molar-refractivity contribution < 1.29 is 42.1 Å². The second kappa shape index (κ2) is 18.4. The fourth-order valence-corrected chi connectivity index (χ4v) is 3.57. The lowest BCUT2D eigenvalue weighted by Crippen LogP contribution is -2.37. The first-order valence-electron chi connectivity index (χ1n) is 12.3. The van der Waals surface area contributed by atoms with E-state index in [1.807, 2.05) is 28.1 Å². The summed E-state index contributed by atoms with van der Waals surface area (Å²) in [5.41, 5.74) is 0. The van der Waals surface area contributed by atoms with Gasteiger partial charge in [0.15, 0.2) is 6.10 Å². The van der Waals surface area contributed by atoms with E-state index >= 15 is 0 Å². The molecular formula is C23H47NO8P+. The van der Waals surface area contributed by atoms with Gasteiger partial charge in [0.1, 0.15) is 19.8 Å². The summed E-state index contributed by atoms with van der Waals surface area (Å²) in [5, 5.41) is 0. The van der Waals surface area contributed by atoms with Crippen LogP contribution in [-0.2, 0) is 32.7 Å². The standard InChI is InChI=1S/C23H46NO8P/c1-6-8-10-11-12-14-16-23(26)32-21(19-29-22(25)15-13-9-7-2)20-31-33(27,28)30-18-17-24(3,4)5/h21H,6-20H2,1-5H3/p+1/t21-/m1/s1. The fourth-order valence-electron chi connectivity index (χ4n) is 2.83. The maximum atomic E-state index is 12.2. The van der Waals surface area contributed by atoms with Crippen molar-refractivity contribution in [3.63, 3.8) is 0 Å². The van der Waals surface area contributed by atoms with Crippen molar-refractivity contribution in [3.8, 4) is 0 Å². The number of esters is 2. The zero-order valence-electron chi connectivity index (χ0n) is 21.4. The number of hydrogen-bond acceptors (Lipinski definition) is 7. The molecule has 0 aromatic heterocycles. The summed E-state index contributed by atoms with van der Waals surface area (Å²) < 4.78 is 33.3. The van der Waals surface area contributed by atoms with Crippen LogP contribution in [0.3, 0.4) is 0 Å². The number of unbranched alkanes of at least 4 members (excludes halogenated alkanes) is 7. The molecule has 0 aromatic carbocycles. The van der Waals surface area contributed by atoms with Gasteiger partial charge in [-0.25, -0.2) is 4.57 Å². The van der Waals surface area contributed by atoms with E-state index in [-0.39, 0.29) is 26.1 Å². The first-order valence-corrected chi connectivity index (χ1v) is 13.8. The van der Waals surface area contributed by atoms with Gasteiger partial charge in [0.25, 0.3) is 0 Å². The molecular weight excluding hydrogens is 449 g/mol. The summed E-state index contributed by atoms with van der Waals surface area (Å²) in [4.78, 5) is 34.0. The Morgan fingerprint density at radius 3 is 2.00 bits per heavy atom. The highest BCUT2D eigenvalue weighted by Crippen LogP contribution is 2.43. The van der Waals surface area contributed by atoms with Crippen molar-refractivity contribution in [2.75, 3.05) is 47.5 Å². The minimum atomic E-state index is -4.32. The van der Waals surface area contributed by atoms with Crippen molar-refractivity contribution in [1.29, 1.82) is 0 Å². The topological polar surface area (TPSA) is 108 Å². The number of rotatable bonds is 21. The van der Waals surface area contributed by atoms with Gasteiger partial charge in [-0.1, -0.05) is 58.8 Å². The summed E-state index contributed by atoms with van der Waals surface area (Å²) in [5.74, 6) is -0.841. The molecule has 0 amide bonds. The molecule has 0 bridgehead atoms. The van der Waals surface area contributed by atoms with E-state index in [2.05, 4.69) is 6.92 Å². The third-order valence-corrected chi connectivity index (χ3v) is 5.87. The number of carbonyl (C=O) groups is 2. The minimum absolute atomic E-state index is 0.0339. The average molecular weight is 497 g/mol. The lowest BCUT2D eigenvalue weighted by molar-refractivity contribution is -0.870. The zero-order valence-corrected chi connectivity index (χ0v) is 22.3. The number of likely N-dealkylation sites (N-methyl/N-ethyl adjacent to an activating group) is 1. The number of quaternary nitrogens is 1. The number of phosphoric acid groups is 1. The Kier molecular flexibility index (Phi) is 17.8. The summed E-state index contributed by atoms with van der Waals surface area (Å²) in [6, 6.07) is 0. The average Bonchev–Trinajstić information content (AvgIpc) is 2.71. The molecule has 1 unspecified atom stereocenters. The van der Waals surface area contributed by atoms with E-state index in [9.17, 15) is 19.0 Å². The quantitative estimate of drug-likeness (QED) is 0.106. The molecule has 2 atom stereocenters. The largest absolute Gasteiger partial charge is 0.472 e. The van der Waals surface area contributed by atoms with Crippen LogP contribution in [0.1, 0.15) is 84.5 Å². The van der Waals surface area contributed by atoms with Crippen LogP contribution >= 0.6 is 7.82 Å². The number of phosphoric ester groups is 1. The Balaban J connectivity index is 4.61. The first kappa shape index (κ1) is 32.0. The Morgan fingerprint density at radius 1 is 0.818 bits per heavy atom. The van der Waals surface area contributed by atoms with Gasteiger partial charge in [-0.05, 0) is 12.8 Å². The second-order valence-electron chi connectivity index (χ2n) is 9.38. The summed E-state index contributed by atoms with van der Waals surface area (Å²) >= 11 is 0. The molecule has 0 heterocycles. The van der Waals surface area contributed by atoms with E-state index in [1.165, 1.54) is 6.42 Å². The van der Waals surface area contributed by atoms with Gasteiger partial charge >= 0.3 is 19.8 Å². The molecule has 0 saturated heterocycles. The molecule has 0 fully saturated rings. The maximum Gasteiger partial charge on any atom is 0.472 e. The van der Waals surface area contributed by atoms with E-state index in [0.717, 1.165) is 44.9 Å². The highest BCUT2D eigenvalue weighted by Gasteiger charge is 2.26. The number of ether oxygens (including phenoxy) is 2. The van der Waals surface area contributed by atoms with Gasteiger partial charge in [-0.3, -0.25) is 18.6 Å². The van der Waals surface area contributed by atoms with E-state index < -0.39 is 32.5 Å². The molecule has 1 N–H and O–H groups in total. The monoisotopic (exact) mass is 496 g/mol. The van der Waals surface area contributed by atoms with Crippen LogP contribution < -0.4 is 0 Å². The predicted octanol–water partition coefficient (Wildman–Crippen LogP) is 4.61. The lowest BCUT2D eigenvalue weighted by atomic mass is 10.1. The Hall–Kier alpha value is -0.990. The normalized spacial score (nSPS) is 14.5. The van der Waals surface area contributed by atoms with Gasteiger partial charge < -0.3 is 18.9 Å². The van der Waals surface area contributed by atoms with Crippen molar-refractivity contribution >= 4 is 19.8 Å². The lowest BCUT2D eigenvalue weighted by Gasteiger charge is -2.24. The minimum Gasteiger partial charge on any atom is -0.462 e. The van der Waals surface area contributed by atoms with Crippen LogP contribution in [0.4, 0.5) is 0 Å².